The van der Waals surface area contributed by atoms with Gasteiger partial charge in [0.25, 0.3) is 0 Å². The van der Waals surface area contributed by atoms with Crippen LogP contribution in [0, 0.1) is 17.8 Å². The molecule has 3 rings (SSSR count). The predicted octanol–water partition coefficient (Wildman–Crippen LogP) is 3.01. The highest BCUT2D eigenvalue weighted by atomic mass is 32.2. The van der Waals surface area contributed by atoms with Crippen LogP contribution in [0.5, 0.6) is 0 Å². The summed E-state index contributed by atoms with van der Waals surface area (Å²) in [5, 5.41) is 3.10. The van der Waals surface area contributed by atoms with E-state index >= 15 is 0 Å². The first kappa shape index (κ1) is 18.0. The summed E-state index contributed by atoms with van der Waals surface area (Å²) in [5.74, 6) is 2.22. The van der Waals surface area contributed by atoms with Crippen LogP contribution in [0.1, 0.15) is 38.2 Å². The number of benzene rings is 1. The second-order valence-electron chi connectivity index (χ2n) is 7.47. The average Bonchev–Trinajstić information content (AvgIpc) is 3.16. The molecular formula is C19H26N2O3S. The molecule has 0 aromatic heterocycles. The van der Waals surface area contributed by atoms with Crippen molar-refractivity contribution in [3.63, 3.8) is 0 Å². The van der Waals surface area contributed by atoms with Crippen molar-refractivity contribution in [2.24, 2.45) is 17.8 Å². The van der Waals surface area contributed by atoms with Crippen LogP contribution in [0.15, 0.2) is 30.3 Å². The molecule has 0 saturated heterocycles. The van der Waals surface area contributed by atoms with E-state index in [-0.39, 0.29) is 11.9 Å². The highest BCUT2D eigenvalue weighted by molar-refractivity contribution is 7.92. The predicted molar refractivity (Wildman–Crippen MR) is 100 cm³/mol. The Kier molecular flexibility index (Phi) is 5.18. The van der Waals surface area contributed by atoms with Crippen molar-refractivity contribution in [2.75, 3.05) is 11.0 Å². The summed E-state index contributed by atoms with van der Waals surface area (Å²) in [6, 6.07) is 7.12. The maximum absolute atomic E-state index is 12.2. The Hall–Kier alpha value is -1.82. The fourth-order valence-electron chi connectivity index (χ4n) is 4.33. The van der Waals surface area contributed by atoms with E-state index in [1.807, 2.05) is 0 Å². The zero-order valence-corrected chi connectivity index (χ0v) is 15.6. The van der Waals surface area contributed by atoms with Crippen LogP contribution < -0.4 is 10.0 Å². The summed E-state index contributed by atoms with van der Waals surface area (Å²) >= 11 is 0. The molecule has 1 aromatic rings. The van der Waals surface area contributed by atoms with Crippen LogP contribution in [0.25, 0.3) is 6.08 Å². The minimum Gasteiger partial charge on any atom is -0.350 e. The van der Waals surface area contributed by atoms with Gasteiger partial charge in [0.1, 0.15) is 0 Å². The normalized spacial score (nSPS) is 26.7. The molecule has 0 spiro atoms. The van der Waals surface area contributed by atoms with Gasteiger partial charge in [0.2, 0.25) is 15.9 Å². The van der Waals surface area contributed by atoms with Gasteiger partial charge in [-0.3, -0.25) is 9.52 Å². The lowest BCUT2D eigenvalue weighted by Crippen LogP contribution is -2.39. The molecule has 1 amide bonds. The topological polar surface area (TPSA) is 75.3 Å². The molecular weight excluding hydrogens is 336 g/mol. The van der Waals surface area contributed by atoms with Gasteiger partial charge in [0, 0.05) is 17.8 Å². The van der Waals surface area contributed by atoms with Crippen LogP contribution in [-0.4, -0.2) is 26.6 Å². The Labute approximate surface area is 149 Å². The molecule has 4 atom stereocenters. The maximum atomic E-state index is 12.2. The Morgan fingerprint density at radius 3 is 2.48 bits per heavy atom. The number of amides is 1. The molecule has 25 heavy (non-hydrogen) atoms. The summed E-state index contributed by atoms with van der Waals surface area (Å²) in [6.45, 7) is 2.11. The van der Waals surface area contributed by atoms with Crippen molar-refractivity contribution in [3.05, 3.63) is 35.9 Å². The van der Waals surface area contributed by atoms with Gasteiger partial charge < -0.3 is 5.32 Å². The maximum Gasteiger partial charge on any atom is 0.244 e. The van der Waals surface area contributed by atoms with Crippen LogP contribution in [0.2, 0.25) is 0 Å². The smallest absolute Gasteiger partial charge is 0.244 e. The molecule has 0 aliphatic heterocycles. The number of nitrogens with one attached hydrogen (secondary N) is 2. The molecule has 0 heterocycles. The number of sulfonamides is 1. The van der Waals surface area contributed by atoms with Gasteiger partial charge in [-0.15, -0.1) is 0 Å². The Balaban J connectivity index is 1.52. The standard InChI is InChI=1S/C19H26N2O3S/c1-13(18-12-15-3-7-16(18)11-15)20-19(22)10-6-14-4-8-17(9-5-14)21-25(2,23)24/h4-6,8-10,13,15-16,18,21H,3,7,11-12H2,1-2H3,(H,20,22)/b10-6+. The Morgan fingerprint density at radius 2 is 1.92 bits per heavy atom. The molecule has 2 saturated carbocycles. The molecule has 4 unspecified atom stereocenters. The fourth-order valence-corrected chi connectivity index (χ4v) is 4.90. The first-order valence-corrected chi connectivity index (χ1v) is 10.8. The number of rotatable bonds is 6. The second-order valence-corrected chi connectivity index (χ2v) is 9.21. The average molecular weight is 362 g/mol. The molecule has 136 valence electrons. The zero-order valence-electron chi connectivity index (χ0n) is 14.7. The van der Waals surface area contributed by atoms with Crippen molar-refractivity contribution < 1.29 is 13.2 Å². The molecule has 1 aromatic carbocycles. The van der Waals surface area contributed by atoms with Crippen molar-refractivity contribution in [1.29, 1.82) is 0 Å². The van der Waals surface area contributed by atoms with Crippen molar-refractivity contribution in [2.45, 2.75) is 38.6 Å². The molecule has 2 aliphatic rings. The van der Waals surface area contributed by atoms with E-state index < -0.39 is 10.0 Å². The monoisotopic (exact) mass is 362 g/mol. The largest absolute Gasteiger partial charge is 0.350 e. The summed E-state index contributed by atoms with van der Waals surface area (Å²) < 4.78 is 24.8. The third-order valence-electron chi connectivity index (χ3n) is 5.45. The van der Waals surface area contributed by atoms with Gasteiger partial charge >= 0.3 is 0 Å². The van der Waals surface area contributed by atoms with E-state index in [2.05, 4.69) is 17.0 Å². The SMILES string of the molecule is CC(NC(=O)/C=C/c1ccc(NS(C)(=O)=O)cc1)C1CC2CCC1C2. The number of fused-ring (bicyclic) bond motifs is 2. The Bertz CT molecular complexity index is 755. The molecule has 0 radical (unpaired) electrons. The van der Waals surface area contributed by atoms with Crippen molar-refractivity contribution in [1.82, 2.24) is 5.32 Å². The molecule has 6 heteroatoms. The summed E-state index contributed by atoms with van der Waals surface area (Å²) in [4.78, 5) is 12.2. The van der Waals surface area contributed by atoms with Gasteiger partial charge in [-0.1, -0.05) is 18.6 Å². The number of carbonyl (C=O) groups is 1. The third kappa shape index (κ3) is 4.84. The van der Waals surface area contributed by atoms with E-state index in [9.17, 15) is 13.2 Å². The molecule has 5 nitrogen and oxygen atoms in total. The van der Waals surface area contributed by atoms with E-state index in [0.717, 1.165) is 23.7 Å². The lowest BCUT2D eigenvalue weighted by atomic mass is 9.84. The number of hydrogen-bond acceptors (Lipinski definition) is 3. The van der Waals surface area contributed by atoms with Crippen molar-refractivity contribution in [3.8, 4) is 0 Å². The van der Waals surface area contributed by atoms with E-state index in [0.29, 0.717) is 11.6 Å². The van der Waals surface area contributed by atoms with Crippen LogP contribution >= 0.6 is 0 Å². The molecule has 2 N–H and O–H groups in total. The second kappa shape index (κ2) is 7.20. The van der Waals surface area contributed by atoms with E-state index in [1.54, 1.807) is 36.4 Å². The lowest BCUT2D eigenvalue weighted by molar-refractivity contribution is -0.117. The van der Waals surface area contributed by atoms with Gasteiger partial charge in [-0.05, 0) is 67.7 Å². The highest BCUT2D eigenvalue weighted by Gasteiger charge is 2.41. The number of carbonyl (C=O) groups excluding carboxylic acids is 1. The van der Waals surface area contributed by atoms with E-state index in [4.69, 9.17) is 0 Å². The highest BCUT2D eigenvalue weighted by Crippen LogP contribution is 2.49. The van der Waals surface area contributed by atoms with Crippen LogP contribution in [0.4, 0.5) is 5.69 Å². The van der Waals surface area contributed by atoms with Gasteiger partial charge in [-0.25, -0.2) is 8.42 Å². The molecule has 2 aliphatic carbocycles. The summed E-state index contributed by atoms with van der Waals surface area (Å²) in [5.41, 5.74) is 1.36. The lowest BCUT2D eigenvalue weighted by Gasteiger charge is -2.28. The van der Waals surface area contributed by atoms with Crippen LogP contribution in [-0.2, 0) is 14.8 Å². The quantitative estimate of drug-likeness (QED) is 0.764. The number of hydrogen-bond donors (Lipinski definition) is 2. The van der Waals surface area contributed by atoms with Gasteiger partial charge in [0.05, 0.1) is 6.26 Å². The minimum atomic E-state index is -3.27. The summed E-state index contributed by atoms with van der Waals surface area (Å²) in [7, 11) is -3.27. The third-order valence-corrected chi connectivity index (χ3v) is 6.05. The first-order valence-electron chi connectivity index (χ1n) is 8.86. The van der Waals surface area contributed by atoms with Gasteiger partial charge in [0.15, 0.2) is 0 Å². The fraction of sp³-hybridized carbons (Fsp3) is 0.526. The molecule has 2 bridgehead atoms. The Morgan fingerprint density at radius 1 is 1.20 bits per heavy atom. The van der Waals surface area contributed by atoms with Crippen LogP contribution in [0.3, 0.4) is 0 Å². The van der Waals surface area contributed by atoms with Gasteiger partial charge in [-0.2, -0.15) is 0 Å². The van der Waals surface area contributed by atoms with Crippen molar-refractivity contribution >= 4 is 27.7 Å². The number of anilines is 1. The first-order chi connectivity index (χ1) is 11.8. The van der Waals surface area contributed by atoms with E-state index in [1.165, 1.54) is 25.7 Å². The minimum absolute atomic E-state index is 0.0754. The molecule has 2 fully saturated rings. The zero-order chi connectivity index (χ0) is 18.0. The summed E-state index contributed by atoms with van der Waals surface area (Å²) in [6.07, 6.45) is 9.68.